The number of carbonyl (C=O) groups is 1. The highest BCUT2D eigenvalue weighted by atomic mass is 16.7. The Labute approximate surface area is 167 Å². The minimum absolute atomic E-state index is 0.00808. The van der Waals surface area contributed by atoms with Crippen molar-refractivity contribution >= 4 is 5.91 Å². The number of piperidine rings is 1. The number of benzene rings is 1. The number of hydrogen-bond acceptors (Lipinski definition) is 7. The number of fused-ring (bicyclic) bond motifs is 1. The van der Waals surface area contributed by atoms with Crippen LogP contribution in [0.25, 0.3) is 11.5 Å². The van der Waals surface area contributed by atoms with Gasteiger partial charge in [-0.25, -0.2) is 0 Å². The van der Waals surface area contributed by atoms with Crippen LogP contribution < -0.4 is 9.47 Å². The lowest BCUT2D eigenvalue weighted by atomic mass is 9.97. The van der Waals surface area contributed by atoms with Gasteiger partial charge in [-0.15, -0.1) is 10.2 Å². The van der Waals surface area contributed by atoms with E-state index in [1.165, 1.54) is 0 Å². The molecule has 0 radical (unpaired) electrons. The fourth-order valence-electron chi connectivity index (χ4n) is 3.76. The monoisotopic (exact) mass is 392 g/mol. The van der Waals surface area contributed by atoms with Gasteiger partial charge in [0, 0.05) is 24.8 Å². The van der Waals surface area contributed by atoms with Gasteiger partial charge in [-0.3, -0.25) is 9.78 Å². The first-order valence-electron chi connectivity index (χ1n) is 9.64. The predicted octanol–water partition coefficient (Wildman–Crippen LogP) is 2.02. The van der Waals surface area contributed by atoms with Crippen LogP contribution >= 0.6 is 0 Å². The van der Waals surface area contributed by atoms with E-state index in [1.54, 1.807) is 29.2 Å². The van der Waals surface area contributed by atoms with Crippen molar-refractivity contribution in [1.82, 2.24) is 30.1 Å². The molecule has 1 atom stereocenters. The fourth-order valence-corrected chi connectivity index (χ4v) is 3.76. The number of amides is 1. The molecule has 0 saturated carbocycles. The Morgan fingerprint density at radius 2 is 2.10 bits per heavy atom. The lowest BCUT2D eigenvalue weighted by Gasteiger charge is -2.32. The molecular formula is C20H20N6O3. The third-order valence-corrected chi connectivity index (χ3v) is 5.19. The quantitative estimate of drug-likeness (QED) is 0.670. The van der Waals surface area contributed by atoms with Crippen molar-refractivity contribution in [3.8, 4) is 23.0 Å². The highest BCUT2D eigenvalue weighted by Gasteiger charge is 2.27. The molecule has 2 aliphatic rings. The summed E-state index contributed by atoms with van der Waals surface area (Å²) in [4.78, 5) is 20.7. The van der Waals surface area contributed by atoms with E-state index in [0.29, 0.717) is 41.7 Å². The number of hydrogen-bond donors (Lipinski definition) is 0. The van der Waals surface area contributed by atoms with Crippen LogP contribution in [0, 0.1) is 5.92 Å². The second-order valence-electron chi connectivity index (χ2n) is 7.21. The second-order valence-corrected chi connectivity index (χ2v) is 7.21. The first-order chi connectivity index (χ1) is 14.3. The molecule has 2 aromatic heterocycles. The van der Waals surface area contributed by atoms with Crippen molar-refractivity contribution in [2.24, 2.45) is 5.92 Å². The Kier molecular flexibility index (Phi) is 4.55. The first kappa shape index (κ1) is 17.6. The average Bonchev–Trinajstić information content (AvgIpc) is 3.43. The van der Waals surface area contributed by atoms with Crippen LogP contribution in [-0.4, -0.2) is 55.9 Å². The zero-order valence-electron chi connectivity index (χ0n) is 15.8. The molecule has 0 spiro atoms. The summed E-state index contributed by atoms with van der Waals surface area (Å²) in [5.41, 5.74) is 1.31. The van der Waals surface area contributed by atoms with Crippen LogP contribution in [0.1, 0.15) is 23.2 Å². The number of pyridine rings is 1. The topological polar surface area (TPSA) is 95.3 Å². The Bertz CT molecular complexity index is 1020. The maximum absolute atomic E-state index is 13.0. The van der Waals surface area contributed by atoms with E-state index in [1.807, 2.05) is 23.1 Å². The molecule has 0 aliphatic carbocycles. The van der Waals surface area contributed by atoms with E-state index >= 15 is 0 Å². The van der Waals surface area contributed by atoms with Gasteiger partial charge >= 0.3 is 0 Å². The molecule has 1 fully saturated rings. The third kappa shape index (κ3) is 3.63. The highest BCUT2D eigenvalue weighted by Crippen LogP contribution is 2.33. The normalized spacial score (nSPS) is 18.1. The molecule has 0 unspecified atom stereocenters. The Hall–Kier alpha value is -3.49. The van der Waals surface area contributed by atoms with Crippen molar-refractivity contribution in [3.63, 3.8) is 0 Å². The molecule has 3 aromatic rings. The fraction of sp³-hybridized carbons (Fsp3) is 0.350. The molecule has 0 bridgehead atoms. The minimum Gasteiger partial charge on any atom is -0.454 e. The lowest BCUT2D eigenvalue weighted by molar-refractivity contribution is 0.0655. The van der Waals surface area contributed by atoms with E-state index in [2.05, 4.69) is 20.4 Å². The molecule has 1 amide bonds. The average molecular weight is 392 g/mol. The summed E-state index contributed by atoms with van der Waals surface area (Å²) in [6.07, 6.45) is 3.67. The standard InChI is InChI=1S/C20H20N6O3/c27-20(15-6-7-17-18(10-15)29-13-28-17)25-9-3-4-14(11-25)12-26-23-19(22-24-26)16-5-1-2-8-21-16/h1-2,5-8,10,14H,3-4,9,11-13H2/t14-/m0/s1. The molecule has 2 aliphatic heterocycles. The second kappa shape index (κ2) is 7.50. The van der Waals surface area contributed by atoms with E-state index in [4.69, 9.17) is 9.47 Å². The summed E-state index contributed by atoms with van der Waals surface area (Å²) in [6.45, 7) is 2.22. The molecule has 1 aromatic carbocycles. The number of likely N-dealkylation sites (tertiary alicyclic amines) is 1. The van der Waals surface area contributed by atoms with Gasteiger partial charge in [0.25, 0.3) is 5.91 Å². The van der Waals surface area contributed by atoms with Gasteiger partial charge in [0.1, 0.15) is 5.69 Å². The molecule has 9 nitrogen and oxygen atoms in total. The van der Waals surface area contributed by atoms with Gasteiger partial charge in [-0.2, -0.15) is 4.80 Å². The van der Waals surface area contributed by atoms with Gasteiger partial charge in [-0.05, 0) is 54.3 Å². The minimum atomic E-state index is 0.00808. The van der Waals surface area contributed by atoms with E-state index in [-0.39, 0.29) is 18.6 Å². The SMILES string of the molecule is O=C(c1ccc2c(c1)OCO2)N1CCC[C@H](Cn2nnc(-c3ccccn3)n2)C1. The number of rotatable bonds is 4. The maximum Gasteiger partial charge on any atom is 0.254 e. The number of tetrazole rings is 1. The maximum atomic E-state index is 13.0. The van der Waals surface area contributed by atoms with Crippen molar-refractivity contribution in [2.75, 3.05) is 19.9 Å². The van der Waals surface area contributed by atoms with Crippen LogP contribution in [0.2, 0.25) is 0 Å². The van der Waals surface area contributed by atoms with E-state index in [0.717, 1.165) is 19.4 Å². The molecule has 1 saturated heterocycles. The smallest absolute Gasteiger partial charge is 0.254 e. The summed E-state index contributed by atoms with van der Waals surface area (Å²) in [5.74, 6) is 2.09. The number of ether oxygens (including phenoxy) is 2. The first-order valence-corrected chi connectivity index (χ1v) is 9.64. The van der Waals surface area contributed by atoms with Crippen LogP contribution in [0.4, 0.5) is 0 Å². The van der Waals surface area contributed by atoms with Gasteiger partial charge in [-0.1, -0.05) is 6.07 Å². The highest BCUT2D eigenvalue weighted by molar-refractivity contribution is 5.95. The zero-order valence-corrected chi connectivity index (χ0v) is 15.8. The van der Waals surface area contributed by atoms with Crippen molar-refractivity contribution in [1.29, 1.82) is 0 Å². The molecule has 0 N–H and O–H groups in total. The van der Waals surface area contributed by atoms with Gasteiger partial charge < -0.3 is 14.4 Å². The van der Waals surface area contributed by atoms with Crippen molar-refractivity contribution < 1.29 is 14.3 Å². The Morgan fingerprint density at radius 1 is 1.17 bits per heavy atom. The Balaban J connectivity index is 1.25. The molecule has 29 heavy (non-hydrogen) atoms. The summed E-state index contributed by atoms with van der Waals surface area (Å²) >= 11 is 0. The number of carbonyl (C=O) groups excluding carboxylic acids is 1. The molecule has 4 heterocycles. The predicted molar refractivity (Wildman–Crippen MR) is 102 cm³/mol. The van der Waals surface area contributed by atoms with E-state index < -0.39 is 0 Å². The summed E-state index contributed by atoms with van der Waals surface area (Å²) in [5, 5.41) is 12.7. The Morgan fingerprint density at radius 3 is 3.00 bits per heavy atom. The molecular weight excluding hydrogens is 372 g/mol. The van der Waals surface area contributed by atoms with Crippen LogP contribution in [0.3, 0.4) is 0 Å². The summed E-state index contributed by atoms with van der Waals surface area (Å²) in [6, 6.07) is 10.9. The number of aromatic nitrogens is 5. The number of nitrogens with zero attached hydrogens (tertiary/aromatic N) is 6. The molecule has 9 heteroatoms. The zero-order chi connectivity index (χ0) is 19.6. The van der Waals surface area contributed by atoms with Crippen LogP contribution in [-0.2, 0) is 6.54 Å². The molecule has 148 valence electrons. The van der Waals surface area contributed by atoms with Gasteiger partial charge in [0.05, 0.1) is 6.54 Å². The van der Waals surface area contributed by atoms with Gasteiger partial charge in [0.2, 0.25) is 12.6 Å². The largest absolute Gasteiger partial charge is 0.454 e. The molecule has 5 rings (SSSR count). The lowest BCUT2D eigenvalue weighted by Crippen LogP contribution is -2.41. The van der Waals surface area contributed by atoms with Crippen LogP contribution in [0.5, 0.6) is 11.5 Å². The summed E-state index contributed by atoms with van der Waals surface area (Å²) in [7, 11) is 0. The van der Waals surface area contributed by atoms with Crippen molar-refractivity contribution in [3.05, 3.63) is 48.2 Å². The van der Waals surface area contributed by atoms with Crippen LogP contribution in [0.15, 0.2) is 42.6 Å². The van der Waals surface area contributed by atoms with Gasteiger partial charge in [0.15, 0.2) is 11.5 Å². The van der Waals surface area contributed by atoms with E-state index in [9.17, 15) is 4.79 Å². The summed E-state index contributed by atoms with van der Waals surface area (Å²) < 4.78 is 10.7. The third-order valence-electron chi connectivity index (χ3n) is 5.19. The van der Waals surface area contributed by atoms with Crippen molar-refractivity contribution in [2.45, 2.75) is 19.4 Å².